The molecule has 0 radical (unpaired) electrons. The van der Waals surface area contributed by atoms with Crippen LogP contribution in [0, 0.1) is 0 Å². The largest absolute Gasteiger partial charge is 0.495 e. The molecule has 1 aromatic carbocycles. The number of amides is 1. The number of fused-ring (bicyclic) bond motifs is 3. The third-order valence-corrected chi connectivity index (χ3v) is 5.14. The molecule has 0 spiro atoms. The van der Waals surface area contributed by atoms with Gasteiger partial charge in [-0.2, -0.15) is 0 Å². The molecule has 1 aromatic heterocycles. The second kappa shape index (κ2) is 7.73. The summed E-state index contributed by atoms with van der Waals surface area (Å²) in [5.74, 6) is 1.12. The first kappa shape index (κ1) is 16.9. The number of methoxy groups -OCH3 is 1. The van der Waals surface area contributed by atoms with Crippen molar-refractivity contribution in [1.29, 1.82) is 0 Å². The van der Waals surface area contributed by atoms with Gasteiger partial charge in [-0.3, -0.25) is 4.79 Å². The van der Waals surface area contributed by atoms with Crippen LogP contribution in [0.1, 0.15) is 49.8 Å². The molecule has 0 unspecified atom stereocenters. The SMILES string of the molecule is CNC(=O)CCCCCn1c2c(c3cccc(OC)c31)CCCC2. The minimum Gasteiger partial charge on any atom is -0.495 e. The molecule has 0 bridgehead atoms. The van der Waals surface area contributed by atoms with Crippen LogP contribution in [-0.2, 0) is 24.2 Å². The Balaban J connectivity index is 1.80. The van der Waals surface area contributed by atoms with Crippen molar-refractivity contribution in [2.75, 3.05) is 14.2 Å². The minimum absolute atomic E-state index is 0.139. The van der Waals surface area contributed by atoms with Gasteiger partial charge in [0.1, 0.15) is 5.75 Å². The molecule has 130 valence electrons. The molecule has 1 N–H and O–H groups in total. The van der Waals surface area contributed by atoms with Gasteiger partial charge in [0.05, 0.1) is 12.6 Å². The Morgan fingerprint density at radius 2 is 2.04 bits per heavy atom. The molecule has 4 nitrogen and oxygen atoms in total. The van der Waals surface area contributed by atoms with E-state index in [0.717, 1.165) is 31.6 Å². The summed E-state index contributed by atoms with van der Waals surface area (Å²) in [6.45, 7) is 1.01. The van der Waals surface area contributed by atoms with E-state index in [9.17, 15) is 4.79 Å². The number of carbonyl (C=O) groups is 1. The number of aromatic nitrogens is 1. The second-order valence-corrected chi connectivity index (χ2v) is 6.62. The summed E-state index contributed by atoms with van der Waals surface area (Å²) in [7, 11) is 3.46. The number of hydrogen-bond acceptors (Lipinski definition) is 2. The summed E-state index contributed by atoms with van der Waals surface area (Å²) in [4.78, 5) is 11.3. The molecule has 1 aliphatic rings. The molecule has 0 saturated heterocycles. The monoisotopic (exact) mass is 328 g/mol. The Morgan fingerprint density at radius 3 is 2.83 bits per heavy atom. The number of aryl methyl sites for hydroxylation is 2. The lowest BCUT2D eigenvalue weighted by Gasteiger charge is -2.16. The molecule has 0 fully saturated rings. The van der Waals surface area contributed by atoms with Crippen LogP contribution in [0.5, 0.6) is 5.75 Å². The summed E-state index contributed by atoms with van der Waals surface area (Å²) >= 11 is 0. The smallest absolute Gasteiger partial charge is 0.219 e. The lowest BCUT2D eigenvalue weighted by atomic mass is 9.95. The zero-order chi connectivity index (χ0) is 16.9. The zero-order valence-corrected chi connectivity index (χ0v) is 14.9. The molecule has 3 rings (SSSR count). The first-order chi connectivity index (χ1) is 11.8. The van der Waals surface area contributed by atoms with Gasteiger partial charge in [-0.25, -0.2) is 0 Å². The van der Waals surface area contributed by atoms with Gasteiger partial charge in [-0.15, -0.1) is 0 Å². The van der Waals surface area contributed by atoms with Crippen molar-refractivity contribution < 1.29 is 9.53 Å². The maximum Gasteiger partial charge on any atom is 0.219 e. The highest BCUT2D eigenvalue weighted by Gasteiger charge is 2.21. The number of carbonyl (C=O) groups excluding carboxylic acids is 1. The van der Waals surface area contributed by atoms with Crippen molar-refractivity contribution in [2.24, 2.45) is 0 Å². The van der Waals surface area contributed by atoms with Gasteiger partial charge in [0, 0.05) is 31.1 Å². The van der Waals surface area contributed by atoms with Crippen LogP contribution in [0.25, 0.3) is 10.9 Å². The third kappa shape index (κ3) is 3.28. The maximum atomic E-state index is 11.3. The highest BCUT2D eigenvalue weighted by Crippen LogP contribution is 2.37. The lowest BCUT2D eigenvalue weighted by molar-refractivity contribution is -0.120. The molecule has 0 atom stereocenters. The van der Waals surface area contributed by atoms with E-state index in [1.54, 1.807) is 14.2 Å². The minimum atomic E-state index is 0.139. The van der Waals surface area contributed by atoms with Crippen molar-refractivity contribution in [3.63, 3.8) is 0 Å². The fourth-order valence-corrected chi connectivity index (χ4v) is 3.93. The quantitative estimate of drug-likeness (QED) is 0.785. The van der Waals surface area contributed by atoms with Crippen LogP contribution in [0.2, 0.25) is 0 Å². The maximum absolute atomic E-state index is 11.3. The van der Waals surface area contributed by atoms with E-state index in [1.165, 1.54) is 47.8 Å². The van der Waals surface area contributed by atoms with Crippen LogP contribution >= 0.6 is 0 Å². The van der Waals surface area contributed by atoms with Crippen molar-refractivity contribution in [1.82, 2.24) is 9.88 Å². The Bertz CT molecular complexity index is 718. The summed E-state index contributed by atoms with van der Waals surface area (Å²) < 4.78 is 8.13. The molecule has 0 aliphatic heterocycles. The van der Waals surface area contributed by atoms with E-state index >= 15 is 0 Å². The van der Waals surface area contributed by atoms with Crippen molar-refractivity contribution in [2.45, 2.75) is 57.9 Å². The van der Waals surface area contributed by atoms with E-state index in [2.05, 4.69) is 28.1 Å². The lowest BCUT2D eigenvalue weighted by Crippen LogP contribution is -2.17. The van der Waals surface area contributed by atoms with Crippen LogP contribution in [0.3, 0.4) is 0 Å². The molecule has 1 heterocycles. The van der Waals surface area contributed by atoms with Crippen molar-refractivity contribution in [3.8, 4) is 5.75 Å². The standard InChI is InChI=1S/C20H28N2O2/c1-21-19(23)13-4-3-7-14-22-17-11-6-5-9-15(17)16-10-8-12-18(24-2)20(16)22/h8,10,12H,3-7,9,11,13-14H2,1-2H3,(H,21,23). The topological polar surface area (TPSA) is 43.3 Å². The van der Waals surface area contributed by atoms with E-state index in [0.29, 0.717) is 6.42 Å². The number of hydrogen-bond donors (Lipinski definition) is 1. The molecule has 24 heavy (non-hydrogen) atoms. The van der Waals surface area contributed by atoms with Gasteiger partial charge in [-0.05, 0) is 50.2 Å². The molecular formula is C20H28N2O2. The van der Waals surface area contributed by atoms with E-state index < -0.39 is 0 Å². The van der Waals surface area contributed by atoms with E-state index in [4.69, 9.17) is 4.74 Å². The molecule has 1 amide bonds. The average molecular weight is 328 g/mol. The molecule has 0 saturated carbocycles. The highest BCUT2D eigenvalue weighted by atomic mass is 16.5. The number of ether oxygens (including phenoxy) is 1. The molecule has 1 aliphatic carbocycles. The number of benzene rings is 1. The van der Waals surface area contributed by atoms with Crippen LogP contribution in [0.4, 0.5) is 0 Å². The zero-order valence-electron chi connectivity index (χ0n) is 14.9. The fourth-order valence-electron chi connectivity index (χ4n) is 3.93. The van der Waals surface area contributed by atoms with Crippen LogP contribution in [0.15, 0.2) is 18.2 Å². The summed E-state index contributed by atoms with van der Waals surface area (Å²) in [5.41, 5.74) is 4.30. The number of unbranched alkanes of at least 4 members (excludes halogenated alkanes) is 2. The number of nitrogens with one attached hydrogen (secondary N) is 1. The van der Waals surface area contributed by atoms with E-state index in [1.807, 2.05) is 0 Å². The predicted octanol–water partition coefficient (Wildman–Crippen LogP) is 3.84. The summed E-state index contributed by atoms with van der Waals surface area (Å²) in [6.07, 6.45) is 8.69. The Morgan fingerprint density at radius 1 is 1.21 bits per heavy atom. The van der Waals surface area contributed by atoms with Crippen LogP contribution < -0.4 is 10.1 Å². The number of para-hydroxylation sites is 1. The van der Waals surface area contributed by atoms with Crippen LogP contribution in [-0.4, -0.2) is 24.6 Å². The predicted molar refractivity (Wildman–Crippen MR) is 97.7 cm³/mol. The normalized spacial score (nSPS) is 13.8. The van der Waals surface area contributed by atoms with Gasteiger partial charge < -0.3 is 14.6 Å². The fraction of sp³-hybridized carbons (Fsp3) is 0.550. The van der Waals surface area contributed by atoms with Crippen molar-refractivity contribution in [3.05, 3.63) is 29.5 Å². The molecule has 4 heteroatoms. The Hall–Kier alpha value is -1.97. The third-order valence-electron chi connectivity index (χ3n) is 5.14. The average Bonchev–Trinajstić information content (AvgIpc) is 2.95. The summed E-state index contributed by atoms with van der Waals surface area (Å²) in [6, 6.07) is 6.41. The van der Waals surface area contributed by atoms with E-state index in [-0.39, 0.29) is 5.91 Å². The van der Waals surface area contributed by atoms with Gasteiger partial charge in [0.15, 0.2) is 0 Å². The molecule has 2 aromatic rings. The Labute approximate surface area is 144 Å². The Kier molecular flexibility index (Phi) is 5.44. The first-order valence-electron chi connectivity index (χ1n) is 9.13. The second-order valence-electron chi connectivity index (χ2n) is 6.62. The van der Waals surface area contributed by atoms with Crippen molar-refractivity contribution >= 4 is 16.8 Å². The van der Waals surface area contributed by atoms with Gasteiger partial charge in [0.25, 0.3) is 0 Å². The molecular weight excluding hydrogens is 300 g/mol. The number of rotatable bonds is 7. The van der Waals surface area contributed by atoms with Gasteiger partial charge in [-0.1, -0.05) is 18.6 Å². The highest BCUT2D eigenvalue weighted by molar-refractivity contribution is 5.90. The van der Waals surface area contributed by atoms with Gasteiger partial charge in [0.2, 0.25) is 5.91 Å². The summed E-state index contributed by atoms with van der Waals surface area (Å²) in [5, 5.41) is 4.06. The number of nitrogens with zero attached hydrogens (tertiary/aromatic N) is 1. The first-order valence-corrected chi connectivity index (χ1v) is 9.13. The van der Waals surface area contributed by atoms with Gasteiger partial charge >= 0.3 is 0 Å².